The zero-order valence-corrected chi connectivity index (χ0v) is 6.20. The number of nitrogen functional groups attached to an aromatic ring is 1. The number of nitrogens with zero attached hydrogens (tertiary/aromatic N) is 1. The Morgan fingerprint density at radius 2 is 2.30 bits per heavy atom. The second-order valence-electron chi connectivity index (χ2n) is 1.90. The van der Waals surface area contributed by atoms with Gasteiger partial charge in [0.05, 0.1) is 5.69 Å². The van der Waals surface area contributed by atoms with E-state index in [-0.39, 0.29) is 16.3 Å². The summed E-state index contributed by atoms with van der Waals surface area (Å²) in [5, 5.41) is 9.07. The average Bonchev–Trinajstić information content (AvgIpc) is 1.82. The topological polar surface area (TPSA) is 74.9 Å². The molecule has 0 amide bonds. The minimum Gasteiger partial charge on any atom is -0.503 e. The summed E-state index contributed by atoms with van der Waals surface area (Å²) in [5.41, 5.74) is 5.81. The van der Waals surface area contributed by atoms with Crippen LogP contribution in [0.1, 0.15) is 5.69 Å². The number of aryl methyl sites for hydroxylation is 1. The van der Waals surface area contributed by atoms with Gasteiger partial charge in [0, 0.05) is 0 Å². The fourth-order valence-electron chi connectivity index (χ4n) is 0.602. The normalized spacial score (nSPS) is 9.70. The van der Waals surface area contributed by atoms with Crippen molar-refractivity contribution in [3.8, 4) is 5.75 Å². The lowest BCUT2D eigenvalue weighted by Gasteiger charge is -1.99. The van der Waals surface area contributed by atoms with Crippen LogP contribution in [0.3, 0.4) is 0 Å². The average molecular weight is 157 g/mol. The van der Waals surface area contributed by atoms with Crippen LogP contribution in [0.15, 0.2) is 0 Å². The molecule has 0 saturated heterocycles. The third-order valence-electron chi connectivity index (χ3n) is 1.11. The van der Waals surface area contributed by atoms with Gasteiger partial charge >= 0.3 is 0 Å². The molecule has 4 N–H and O–H groups in total. The number of aromatic amines is 1. The van der Waals surface area contributed by atoms with Crippen molar-refractivity contribution in [3.63, 3.8) is 0 Å². The highest BCUT2D eigenvalue weighted by molar-refractivity contribution is 7.71. The van der Waals surface area contributed by atoms with Crippen LogP contribution in [0.5, 0.6) is 5.75 Å². The van der Waals surface area contributed by atoms with Crippen molar-refractivity contribution in [2.24, 2.45) is 0 Å². The minimum absolute atomic E-state index is 0.0337. The highest BCUT2D eigenvalue weighted by Crippen LogP contribution is 2.18. The number of nitrogens with two attached hydrogens (primary N) is 1. The lowest BCUT2D eigenvalue weighted by atomic mass is 10.4. The molecule has 5 heteroatoms. The van der Waals surface area contributed by atoms with Crippen LogP contribution in [-0.2, 0) is 0 Å². The SMILES string of the molecule is Cc1[nH]c(=S)nc(N)c1O. The van der Waals surface area contributed by atoms with Gasteiger partial charge in [0.1, 0.15) is 0 Å². The molecule has 0 radical (unpaired) electrons. The van der Waals surface area contributed by atoms with Gasteiger partial charge in [-0.3, -0.25) is 0 Å². The molecule has 0 fully saturated rings. The predicted octanol–water partition coefficient (Wildman–Crippen LogP) is 0.735. The molecule has 54 valence electrons. The second kappa shape index (κ2) is 2.26. The molecule has 0 unspecified atom stereocenters. The maximum absolute atomic E-state index is 9.07. The summed E-state index contributed by atoms with van der Waals surface area (Å²) in [6, 6.07) is 0. The van der Waals surface area contributed by atoms with E-state index in [1.165, 1.54) is 0 Å². The Morgan fingerprint density at radius 3 is 2.80 bits per heavy atom. The third-order valence-corrected chi connectivity index (χ3v) is 1.31. The fraction of sp³-hybridized carbons (Fsp3) is 0.200. The van der Waals surface area contributed by atoms with E-state index in [2.05, 4.69) is 22.2 Å². The van der Waals surface area contributed by atoms with Gasteiger partial charge < -0.3 is 15.8 Å². The first-order chi connectivity index (χ1) is 4.61. The molecule has 0 spiro atoms. The molecule has 4 nitrogen and oxygen atoms in total. The molecule has 0 aromatic carbocycles. The van der Waals surface area contributed by atoms with E-state index in [4.69, 9.17) is 10.8 Å². The number of hydrogen-bond acceptors (Lipinski definition) is 4. The predicted molar refractivity (Wildman–Crippen MR) is 40.2 cm³/mol. The summed E-state index contributed by atoms with van der Waals surface area (Å²) in [4.78, 5) is 6.27. The summed E-state index contributed by atoms with van der Waals surface area (Å²) in [7, 11) is 0. The van der Waals surface area contributed by atoms with Gasteiger partial charge in [-0.15, -0.1) is 0 Å². The highest BCUT2D eigenvalue weighted by Gasteiger charge is 2.00. The molecule has 0 atom stereocenters. The number of rotatable bonds is 0. The van der Waals surface area contributed by atoms with E-state index in [1.807, 2.05) is 0 Å². The Balaban J connectivity index is 3.46. The second-order valence-corrected chi connectivity index (χ2v) is 2.29. The molecular weight excluding hydrogens is 150 g/mol. The molecule has 0 aliphatic rings. The Labute approximate surface area is 62.7 Å². The molecule has 0 bridgehead atoms. The van der Waals surface area contributed by atoms with Gasteiger partial charge in [-0.2, -0.15) is 4.98 Å². The van der Waals surface area contributed by atoms with E-state index in [9.17, 15) is 0 Å². The van der Waals surface area contributed by atoms with Gasteiger partial charge in [0.25, 0.3) is 0 Å². The van der Waals surface area contributed by atoms with Gasteiger partial charge in [-0.05, 0) is 19.1 Å². The zero-order chi connectivity index (χ0) is 7.72. The highest BCUT2D eigenvalue weighted by atomic mass is 32.1. The Kier molecular flexibility index (Phi) is 1.58. The standard InChI is InChI=1S/C5H7N3OS/c1-2-3(9)4(6)8-5(10)7-2/h9H,1H3,(H3,6,7,8,10). The maximum Gasteiger partial charge on any atom is 0.199 e. The van der Waals surface area contributed by atoms with Crippen molar-refractivity contribution in [3.05, 3.63) is 10.5 Å². The number of H-pyrrole nitrogens is 1. The van der Waals surface area contributed by atoms with Crippen molar-refractivity contribution < 1.29 is 5.11 Å². The Morgan fingerprint density at radius 1 is 1.70 bits per heavy atom. The van der Waals surface area contributed by atoms with E-state index < -0.39 is 0 Å². The lowest BCUT2D eigenvalue weighted by Crippen LogP contribution is -1.95. The molecule has 1 aromatic rings. The number of hydrogen-bond donors (Lipinski definition) is 3. The summed E-state index contributed by atoms with van der Waals surface area (Å²) >= 11 is 4.69. The number of anilines is 1. The van der Waals surface area contributed by atoms with Crippen molar-refractivity contribution >= 4 is 18.0 Å². The molecule has 0 aliphatic carbocycles. The van der Waals surface area contributed by atoms with Crippen LogP contribution >= 0.6 is 12.2 Å². The lowest BCUT2D eigenvalue weighted by molar-refractivity contribution is 0.467. The minimum atomic E-state index is -0.0337. The Hall–Kier alpha value is -1.10. The van der Waals surface area contributed by atoms with Crippen molar-refractivity contribution in [2.45, 2.75) is 6.92 Å². The van der Waals surface area contributed by atoms with Crippen LogP contribution < -0.4 is 5.73 Å². The molecule has 0 aliphatic heterocycles. The van der Waals surface area contributed by atoms with Crippen molar-refractivity contribution in [2.75, 3.05) is 5.73 Å². The molecule has 1 heterocycles. The first-order valence-corrected chi connectivity index (χ1v) is 3.07. The van der Waals surface area contributed by atoms with Crippen LogP contribution in [-0.4, -0.2) is 15.1 Å². The van der Waals surface area contributed by atoms with Gasteiger partial charge in [0.2, 0.25) is 0 Å². The molecule has 10 heavy (non-hydrogen) atoms. The first-order valence-electron chi connectivity index (χ1n) is 2.66. The largest absolute Gasteiger partial charge is 0.503 e. The van der Waals surface area contributed by atoms with Crippen molar-refractivity contribution in [1.29, 1.82) is 0 Å². The van der Waals surface area contributed by atoms with E-state index in [0.29, 0.717) is 5.69 Å². The molecule has 0 saturated carbocycles. The summed E-state index contributed by atoms with van der Waals surface area (Å²) in [5.74, 6) is 0.0369. The number of aromatic hydroxyl groups is 1. The van der Waals surface area contributed by atoms with Crippen LogP contribution in [0.4, 0.5) is 5.82 Å². The van der Waals surface area contributed by atoms with Crippen LogP contribution in [0, 0.1) is 11.7 Å². The Bertz CT molecular complexity index is 280. The third kappa shape index (κ3) is 1.08. The van der Waals surface area contributed by atoms with E-state index >= 15 is 0 Å². The van der Waals surface area contributed by atoms with E-state index in [1.54, 1.807) is 6.92 Å². The molecular formula is C5H7N3OS. The summed E-state index contributed by atoms with van der Waals surface area (Å²) in [6.07, 6.45) is 0. The fourth-order valence-corrected chi connectivity index (χ4v) is 0.853. The molecule has 1 rings (SSSR count). The van der Waals surface area contributed by atoms with Crippen molar-refractivity contribution in [1.82, 2.24) is 9.97 Å². The zero-order valence-electron chi connectivity index (χ0n) is 5.38. The number of nitrogens with one attached hydrogen (secondary N) is 1. The van der Waals surface area contributed by atoms with Gasteiger partial charge in [-0.25, -0.2) is 0 Å². The van der Waals surface area contributed by atoms with Gasteiger partial charge in [0.15, 0.2) is 16.3 Å². The number of aromatic nitrogens is 2. The van der Waals surface area contributed by atoms with Crippen LogP contribution in [0.25, 0.3) is 0 Å². The first kappa shape index (κ1) is 7.01. The van der Waals surface area contributed by atoms with E-state index in [0.717, 1.165) is 0 Å². The monoisotopic (exact) mass is 157 g/mol. The van der Waals surface area contributed by atoms with Gasteiger partial charge in [-0.1, -0.05) is 0 Å². The maximum atomic E-state index is 9.07. The summed E-state index contributed by atoms with van der Waals surface area (Å²) in [6.45, 7) is 1.67. The quantitative estimate of drug-likeness (QED) is 0.485. The molecule has 1 aromatic heterocycles. The van der Waals surface area contributed by atoms with Crippen LogP contribution in [0.2, 0.25) is 0 Å². The summed E-state index contributed by atoms with van der Waals surface area (Å²) < 4.78 is 0.285. The smallest absolute Gasteiger partial charge is 0.199 e.